The van der Waals surface area contributed by atoms with Gasteiger partial charge < -0.3 is 15.2 Å². The molecular weight excluding hydrogens is 313 g/mol. The van der Waals surface area contributed by atoms with Crippen LogP contribution in [0.4, 0.5) is 4.39 Å². The average Bonchev–Trinajstić information content (AvgIpc) is 2.35. The summed E-state index contributed by atoms with van der Waals surface area (Å²) < 4.78 is 19.1. The third-order valence-electron chi connectivity index (χ3n) is 2.72. The van der Waals surface area contributed by atoms with Crippen molar-refractivity contribution in [3.63, 3.8) is 0 Å². The minimum atomic E-state index is -1.21. The molecule has 0 saturated heterocycles. The van der Waals surface area contributed by atoms with Crippen molar-refractivity contribution in [2.45, 2.75) is 38.8 Å². The lowest BCUT2D eigenvalue weighted by molar-refractivity contribution is -0.140. The Kier molecular flexibility index (Phi) is 6.32. The molecule has 0 saturated carbocycles. The monoisotopic (exact) mass is 331 g/mol. The molecule has 0 fully saturated rings. The number of carbonyl (C=O) groups is 2. The number of halogens is 2. The molecule has 1 aromatic rings. The number of benzene rings is 1. The van der Waals surface area contributed by atoms with Gasteiger partial charge in [0.15, 0.2) is 0 Å². The molecule has 0 aromatic heterocycles. The third kappa shape index (κ3) is 5.99. The van der Waals surface area contributed by atoms with Crippen LogP contribution < -0.4 is 5.32 Å². The van der Waals surface area contributed by atoms with Crippen LogP contribution in [0.5, 0.6) is 0 Å². The van der Waals surface area contributed by atoms with Crippen LogP contribution in [0.1, 0.15) is 37.6 Å². The van der Waals surface area contributed by atoms with Gasteiger partial charge in [-0.25, -0.2) is 9.18 Å². The van der Waals surface area contributed by atoms with Gasteiger partial charge in [0, 0.05) is 18.1 Å². The number of hydrogen-bond acceptors (Lipinski definition) is 3. The van der Waals surface area contributed by atoms with Crippen molar-refractivity contribution in [1.29, 1.82) is 0 Å². The van der Waals surface area contributed by atoms with Gasteiger partial charge in [-0.1, -0.05) is 11.6 Å². The zero-order valence-corrected chi connectivity index (χ0v) is 13.4. The molecule has 0 radical (unpaired) electrons. The summed E-state index contributed by atoms with van der Waals surface area (Å²) in [5, 5.41) is 11.6. The minimum Gasteiger partial charge on any atom is -0.480 e. The predicted molar refractivity (Wildman–Crippen MR) is 80.6 cm³/mol. The summed E-state index contributed by atoms with van der Waals surface area (Å²) in [5.74, 6) is -2.82. The van der Waals surface area contributed by atoms with Crippen LogP contribution >= 0.6 is 11.6 Å². The standard InChI is InChI=1S/C15H19ClFNO4/c1-15(2,3)22-7-6-12(14(20)21)18-13(19)10-5-4-9(16)8-11(10)17/h4-5,8,12H,6-7H2,1-3H3,(H,18,19)(H,20,21). The van der Waals surface area contributed by atoms with E-state index in [1.807, 2.05) is 20.8 Å². The van der Waals surface area contributed by atoms with E-state index in [2.05, 4.69) is 5.32 Å². The Morgan fingerprint density at radius 2 is 2.05 bits per heavy atom. The van der Waals surface area contributed by atoms with Gasteiger partial charge >= 0.3 is 5.97 Å². The number of hydrogen-bond donors (Lipinski definition) is 2. The van der Waals surface area contributed by atoms with Gasteiger partial charge in [-0.15, -0.1) is 0 Å². The first-order valence-electron chi connectivity index (χ1n) is 6.73. The summed E-state index contributed by atoms with van der Waals surface area (Å²) in [6.45, 7) is 5.67. The fourth-order valence-corrected chi connectivity index (χ4v) is 1.81. The predicted octanol–water partition coefficient (Wildman–Crippen LogP) is 2.87. The average molecular weight is 332 g/mol. The van der Waals surface area contributed by atoms with Crippen LogP contribution in [0.3, 0.4) is 0 Å². The second-order valence-corrected chi connectivity index (χ2v) is 6.17. The molecule has 0 spiro atoms. The number of ether oxygens (including phenoxy) is 1. The molecule has 0 aliphatic carbocycles. The molecule has 1 amide bonds. The zero-order chi connectivity index (χ0) is 16.9. The van der Waals surface area contributed by atoms with Crippen molar-refractivity contribution in [1.82, 2.24) is 5.32 Å². The smallest absolute Gasteiger partial charge is 0.326 e. The first-order chi connectivity index (χ1) is 10.1. The fourth-order valence-electron chi connectivity index (χ4n) is 1.65. The molecule has 0 aliphatic heterocycles. The van der Waals surface area contributed by atoms with Crippen molar-refractivity contribution >= 4 is 23.5 Å². The van der Waals surface area contributed by atoms with Gasteiger partial charge in [-0.05, 0) is 39.0 Å². The van der Waals surface area contributed by atoms with Crippen LogP contribution in [-0.4, -0.2) is 35.2 Å². The van der Waals surface area contributed by atoms with Crippen LogP contribution in [0, 0.1) is 5.82 Å². The minimum absolute atomic E-state index is 0.0769. The Labute approximate surface area is 133 Å². The lowest BCUT2D eigenvalue weighted by Gasteiger charge is -2.21. The van der Waals surface area contributed by atoms with E-state index in [0.717, 1.165) is 6.07 Å². The van der Waals surface area contributed by atoms with Gasteiger partial charge in [0.1, 0.15) is 11.9 Å². The highest BCUT2D eigenvalue weighted by Crippen LogP contribution is 2.15. The maximum Gasteiger partial charge on any atom is 0.326 e. The molecule has 2 N–H and O–H groups in total. The van der Waals surface area contributed by atoms with Gasteiger partial charge in [-0.3, -0.25) is 4.79 Å². The van der Waals surface area contributed by atoms with Gasteiger partial charge in [0.2, 0.25) is 0 Å². The van der Waals surface area contributed by atoms with E-state index >= 15 is 0 Å². The number of carboxylic acids is 1. The SMILES string of the molecule is CC(C)(C)OCCC(NC(=O)c1ccc(Cl)cc1F)C(=O)O. The van der Waals surface area contributed by atoms with Crippen molar-refractivity contribution < 1.29 is 23.8 Å². The van der Waals surface area contributed by atoms with Crippen LogP contribution in [0.15, 0.2) is 18.2 Å². The van der Waals surface area contributed by atoms with Crippen molar-refractivity contribution in [2.24, 2.45) is 0 Å². The fraction of sp³-hybridized carbons (Fsp3) is 0.467. The van der Waals surface area contributed by atoms with E-state index in [9.17, 15) is 14.0 Å². The van der Waals surface area contributed by atoms with Crippen LogP contribution in [-0.2, 0) is 9.53 Å². The summed E-state index contributed by atoms with van der Waals surface area (Å²) >= 11 is 5.61. The van der Waals surface area contributed by atoms with Crippen LogP contribution in [0.25, 0.3) is 0 Å². The Bertz CT molecular complexity index is 557. The first-order valence-corrected chi connectivity index (χ1v) is 7.10. The molecule has 0 heterocycles. The highest BCUT2D eigenvalue weighted by Gasteiger charge is 2.23. The molecule has 0 aliphatic rings. The van der Waals surface area contributed by atoms with E-state index in [1.165, 1.54) is 12.1 Å². The van der Waals surface area contributed by atoms with Crippen molar-refractivity contribution in [3.05, 3.63) is 34.6 Å². The summed E-state index contributed by atoms with van der Waals surface area (Å²) in [6.07, 6.45) is 0.0769. The molecule has 7 heteroatoms. The highest BCUT2D eigenvalue weighted by atomic mass is 35.5. The number of nitrogens with one attached hydrogen (secondary N) is 1. The number of carboxylic acid groups (broad SMARTS) is 1. The molecule has 1 unspecified atom stereocenters. The number of amides is 1. The maximum atomic E-state index is 13.6. The molecule has 122 valence electrons. The number of rotatable bonds is 6. The van der Waals surface area contributed by atoms with Crippen molar-refractivity contribution in [2.75, 3.05) is 6.61 Å². The second kappa shape index (κ2) is 7.56. The van der Waals surface area contributed by atoms with E-state index in [-0.39, 0.29) is 23.6 Å². The van der Waals surface area contributed by atoms with E-state index < -0.39 is 29.3 Å². The molecular formula is C15H19ClFNO4. The highest BCUT2D eigenvalue weighted by molar-refractivity contribution is 6.30. The Morgan fingerprint density at radius 3 is 2.55 bits per heavy atom. The zero-order valence-electron chi connectivity index (χ0n) is 12.7. The quantitative estimate of drug-likeness (QED) is 0.840. The molecule has 22 heavy (non-hydrogen) atoms. The maximum absolute atomic E-state index is 13.6. The Morgan fingerprint density at radius 1 is 1.41 bits per heavy atom. The van der Waals surface area contributed by atoms with E-state index in [1.54, 1.807) is 0 Å². The number of carbonyl (C=O) groups excluding carboxylic acids is 1. The Hall–Kier alpha value is -1.66. The summed E-state index contributed by atoms with van der Waals surface area (Å²) in [6, 6.07) is 2.40. The molecule has 1 atom stereocenters. The summed E-state index contributed by atoms with van der Waals surface area (Å²) in [4.78, 5) is 23.1. The second-order valence-electron chi connectivity index (χ2n) is 5.74. The van der Waals surface area contributed by atoms with E-state index in [0.29, 0.717) is 0 Å². The molecule has 5 nitrogen and oxygen atoms in total. The van der Waals surface area contributed by atoms with Gasteiger partial charge in [0.25, 0.3) is 5.91 Å². The molecule has 0 bridgehead atoms. The normalized spacial score (nSPS) is 12.8. The van der Waals surface area contributed by atoms with Gasteiger partial charge in [0.05, 0.1) is 11.2 Å². The topological polar surface area (TPSA) is 75.6 Å². The summed E-state index contributed by atoms with van der Waals surface area (Å²) in [5.41, 5.74) is -0.664. The Balaban J connectivity index is 2.70. The van der Waals surface area contributed by atoms with Gasteiger partial charge in [-0.2, -0.15) is 0 Å². The van der Waals surface area contributed by atoms with Crippen LogP contribution in [0.2, 0.25) is 5.02 Å². The summed E-state index contributed by atoms with van der Waals surface area (Å²) in [7, 11) is 0. The third-order valence-corrected chi connectivity index (χ3v) is 2.96. The lowest BCUT2D eigenvalue weighted by atomic mass is 10.1. The molecule has 1 rings (SSSR count). The largest absolute Gasteiger partial charge is 0.480 e. The van der Waals surface area contributed by atoms with E-state index in [4.69, 9.17) is 21.4 Å². The first kappa shape index (κ1) is 18.4. The molecule has 1 aromatic carbocycles. The number of aliphatic carboxylic acids is 1. The lowest BCUT2D eigenvalue weighted by Crippen LogP contribution is -2.42. The van der Waals surface area contributed by atoms with Crippen molar-refractivity contribution in [3.8, 4) is 0 Å².